The van der Waals surface area contributed by atoms with Crippen LogP contribution in [0.4, 0.5) is 0 Å². The number of nitrogens with zero attached hydrogens (tertiary/aromatic N) is 2. The van der Waals surface area contributed by atoms with Crippen molar-refractivity contribution in [3.8, 4) is 0 Å². The van der Waals surface area contributed by atoms with Gasteiger partial charge in [-0.2, -0.15) is 0 Å². The Balaban J connectivity index is 2.03. The Labute approximate surface area is 158 Å². The fraction of sp³-hybridized carbons (Fsp3) is 0.611. The molecule has 3 amide bonds. The zero-order chi connectivity index (χ0) is 19.8. The molecule has 148 valence electrons. The summed E-state index contributed by atoms with van der Waals surface area (Å²) in [7, 11) is 0. The van der Waals surface area contributed by atoms with Crippen molar-refractivity contribution in [3.63, 3.8) is 0 Å². The Morgan fingerprint density at radius 2 is 1.96 bits per heavy atom. The van der Waals surface area contributed by atoms with Gasteiger partial charge in [0.05, 0.1) is 24.3 Å². The van der Waals surface area contributed by atoms with Crippen LogP contribution in [0.2, 0.25) is 0 Å². The van der Waals surface area contributed by atoms with E-state index in [4.69, 9.17) is 10.5 Å². The Morgan fingerprint density at radius 3 is 2.59 bits per heavy atom. The highest BCUT2D eigenvalue weighted by Gasteiger charge is 2.35. The fourth-order valence-corrected chi connectivity index (χ4v) is 3.08. The predicted molar refractivity (Wildman–Crippen MR) is 97.6 cm³/mol. The van der Waals surface area contributed by atoms with E-state index in [9.17, 15) is 14.4 Å². The lowest BCUT2D eigenvalue weighted by Gasteiger charge is -2.35. The summed E-state index contributed by atoms with van der Waals surface area (Å²) in [6, 6.07) is -0.316. The van der Waals surface area contributed by atoms with Crippen molar-refractivity contribution < 1.29 is 19.1 Å². The number of nitrogens with one attached hydrogen (secondary N) is 2. The van der Waals surface area contributed by atoms with Crippen LogP contribution in [0, 0.1) is 12.8 Å². The summed E-state index contributed by atoms with van der Waals surface area (Å²) in [5.74, 6) is -0.860. The summed E-state index contributed by atoms with van der Waals surface area (Å²) in [6.07, 6.45) is 5.34. The molecule has 1 aromatic rings. The summed E-state index contributed by atoms with van der Waals surface area (Å²) >= 11 is 0. The summed E-state index contributed by atoms with van der Waals surface area (Å²) in [5, 5.41) is 5.48. The van der Waals surface area contributed by atoms with E-state index in [0.717, 1.165) is 6.42 Å². The fourth-order valence-electron chi connectivity index (χ4n) is 3.08. The number of aromatic nitrogens is 2. The number of ether oxygens (including phenoxy) is 1. The minimum atomic E-state index is -0.590. The minimum absolute atomic E-state index is 0.166. The number of primary amides is 1. The molecule has 3 atom stereocenters. The van der Waals surface area contributed by atoms with Gasteiger partial charge >= 0.3 is 0 Å². The first-order valence-electron chi connectivity index (χ1n) is 9.17. The van der Waals surface area contributed by atoms with E-state index in [2.05, 4.69) is 20.6 Å². The van der Waals surface area contributed by atoms with Crippen LogP contribution in [-0.4, -0.2) is 53.0 Å². The van der Waals surface area contributed by atoms with Crippen LogP contribution >= 0.6 is 0 Å². The number of hydrogen-bond acceptors (Lipinski definition) is 6. The van der Waals surface area contributed by atoms with E-state index < -0.39 is 5.91 Å². The van der Waals surface area contributed by atoms with Crippen molar-refractivity contribution in [2.45, 2.75) is 51.7 Å². The van der Waals surface area contributed by atoms with E-state index >= 15 is 0 Å². The SMILES string of the molecule is CCCO[C@@H]1CC[C@H](C(=O)NCC(N)=O)C[C@H]1NC(=O)c1cnc(C)nc1. The predicted octanol–water partition coefficient (Wildman–Crippen LogP) is 0.0802. The topological polar surface area (TPSA) is 136 Å². The first-order valence-corrected chi connectivity index (χ1v) is 9.17. The second-order valence-corrected chi connectivity index (χ2v) is 6.70. The van der Waals surface area contributed by atoms with Crippen molar-refractivity contribution in [2.24, 2.45) is 11.7 Å². The molecule has 0 aliphatic heterocycles. The first-order chi connectivity index (χ1) is 12.9. The number of aryl methyl sites for hydroxylation is 1. The third kappa shape index (κ3) is 6.28. The van der Waals surface area contributed by atoms with E-state index in [1.807, 2.05) is 6.92 Å². The maximum atomic E-state index is 12.5. The summed E-state index contributed by atoms with van der Waals surface area (Å²) in [5.41, 5.74) is 5.43. The third-order valence-corrected chi connectivity index (χ3v) is 4.49. The van der Waals surface area contributed by atoms with Crippen LogP contribution in [0.25, 0.3) is 0 Å². The standard InChI is InChI=1S/C18H27N5O4/c1-3-6-27-15-5-4-12(17(25)22-10-16(19)24)7-14(15)23-18(26)13-8-20-11(2)21-9-13/h8-9,12,14-15H,3-7,10H2,1-2H3,(H2,19,24)(H,22,25)(H,23,26)/t12-,14+,15+/m0/s1. The lowest BCUT2D eigenvalue weighted by Crippen LogP contribution is -2.51. The Bertz CT molecular complexity index is 664. The van der Waals surface area contributed by atoms with Gasteiger partial charge in [0.15, 0.2) is 0 Å². The van der Waals surface area contributed by atoms with E-state index in [1.54, 1.807) is 6.92 Å². The molecule has 0 radical (unpaired) electrons. The second-order valence-electron chi connectivity index (χ2n) is 6.70. The molecule has 1 heterocycles. The van der Waals surface area contributed by atoms with Crippen molar-refractivity contribution in [1.29, 1.82) is 0 Å². The van der Waals surface area contributed by atoms with Crippen LogP contribution in [0.1, 0.15) is 48.8 Å². The molecule has 1 fully saturated rings. The second kappa shape index (κ2) is 9.96. The quantitative estimate of drug-likeness (QED) is 0.587. The molecule has 2 rings (SSSR count). The first kappa shape index (κ1) is 20.8. The molecule has 0 unspecified atom stereocenters. The van der Waals surface area contributed by atoms with E-state index in [1.165, 1.54) is 12.4 Å². The van der Waals surface area contributed by atoms with Gasteiger partial charge in [-0.05, 0) is 32.6 Å². The van der Waals surface area contributed by atoms with Gasteiger partial charge in [-0.3, -0.25) is 14.4 Å². The van der Waals surface area contributed by atoms with Crippen molar-refractivity contribution in [3.05, 3.63) is 23.8 Å². The highest BCUT2D eigenvalue weighted by Crippen LogP contribution is 2.27. The number of carbonyl (C=O) groups is 3. The largest absolute Gasteiger partial charge is 0.376 e. The number of rotatable bonds is 8. The van der Waals surface area contributed by atoms with Crippen LogP contribution in [0.5, 0.6) is 0 Å². The number of carbonyl (C=O) groups excluding carboxylic acids is 3. The van der Waals surface area contributed by atoms with E-state index in [-0.39, 0.29) is 36.4 Å². The summed E-state index contributed by atoms with van der Waals surface area (Å²) in [4.78, 5) is 43.7. The molecule has 1 aliphatic rings. The molecule has 0 saturated heterocycles. The van der Waals surface area contributed by atoms with Gasteiger partial charge in [0.2, 0.25) is 11.8 Å². The molecule has 0 aromatic carbocycles. The smallest absolute Gasteiger partial charge is 0.254 e. The van der Waals surface area contributed by atoms with Crippen molar-refractivity contribution >= 4 is 17.7 Å². The molecule has 4 N–H and O–H groups in total. The third-order valence-electron chi connectivity index (χ3n) is 4.49. The highest BCUT2D eigenvalue weighted by molar-refractivity contribution is 5.94. The van der Waals surface area contributed by atoms with Crippen molar-refractivity contribution in [2.75, 3.05) is 13.2 Å². The lowest BCUT2D eigenvalue weighted by atomic mass is 9.83. The zero-order valence-corrected chi connectivity index (χ0v) is 15.7. The molecule has 9 heteroatoms. The Kier molecular flexibility index (Phi) is 7.66. The lowest BCUT2D eigenvalue weighted by molar-refractivity contribution is -0.129. The highest BCUT2D eigenvalue weighted by atomic mass is 16.5. The minimum Gasteiger partial charge on any atom is -0.376 e. The van der Waals surface area contributed by atoms with Gasteiger partial charge in [-0.15, -0.1) is 0 Å². The average molecular weight is 377 g/mol. The summed E-state index contributed by atoms with van der Waals surface area (Å²) in [6.45, 7) is 4.15. The number of amides is 3. The van der Waals surface area contributed by atoms with Crippen LogP contribution in [0.15, 0.2) is 12.4 Å². The van der Waals surface area contributed by atoms with Gasteiger partial charge < -0.3 is 21.1 Å². The van der Waals surface area contributed by atoms with Crippen LogP contribution < -0.4 is 16.4 Å². The van der Waals surface area contributed by atoms with Gasteiger partial charge in [-0.1, -0.05) is 6.92 Å². The van der Waals surface area contributed by atoms with Crippen LogP contribution in [0.3, 0.4) is 0 Å². The normalized spacial score (nSPS) is 22.1. The van der Waals surface area contributed by atoms with Gasteiger partial charge in [0.1, 0.15) is 5.82 Å². The maximum Gasteiger partial charge on any atom is 0.254 e. The van der Waals surface area contributed by atoms with Gasteiger partial charge in [0, 0.05) is 24.9 Å². The zero-order valence-electron chi connectivity index (χ0n) is 15.7. The Morgan fingerprint density at radius 1 is 1.26 bits per heavy atom. The molecule has 9 nitrogen and oxygen atoms in total. The molecule has 27 heavy (non-hydrogen) atoms. The van der Waals surface area contributed by atoms with Gasteiger partial charge in [0.25, 0.3) is 5.91 Å². The maximum absolute atomic E-state index is 12.5. The molecule has 1 aromatic heterocycles. The molecular formula is C18H27N5O4. The summed E-state index contributed by atoms with van der Waals surface area (Å²) < 4.78 is 5.88. The molecule has 0 bridgehead atoms. The monoisotopic (exact) mass is 377 g/mol. The van der Waals surface area contributed by atoms with Crippen LogP contribution in [-0.2, 0) is 14.3 Å². The van der Waals surface area contributed by atoms with Gasteiger partial charge in [-0.25, -0.2) is 9.97 Å². The number of nitrogens with two attached hydrogens (primary N) is 1. The average Bonchev–Trinajstić information content (AvgIpc) is 2.65. The Hall–Kier alpha value is -2.55. The number of hydrogen-bond donors (Lipinski definition) is 3. The molecular weight excluding hydrogens is 350 g/mol. The molecule has 0 spiro atoms. The molecule has 1 saturated carbocycles. The molecule has 1 aliphatic carbocycles. The van der Waals surface area contributed by atoms with Crippen molar-refractivity contribution in [1.82, 2.24) is 20.6 Å². The van der Waals surface area contributed by atoms with E-state index in [0.29, 0.717) is 37.3 Å².